The van der Waals surface area contributed by atoms with Crippen molar-refractivity contribution in [2.45, 2.75) is 51.6 Å². The maximum absolute atomic E-state index is 12.0. The summed E-state index contributed by atoms with van der Waals surface area (Å²) in [4.78, 5) is 13.8. The lowest BCUT2D eigenvalue weighted by Gasteiger charge is -2.35. The van der Waals surface area contributed by atoms with Crippen LogP contribution in [0, 0.1) is 12.8 Å². The fourth-order valence-corrected chi connectivity index (χ4v) is 3.47. The zero-order valence-corrected chi connectivity index (χ0v) is 12.6. The van der Waals surface area contributed by atoms with Gasteiger partial charge in [-0.2, -0.15) is 0 Å². The molecule has 0 atom stereocenters. The second kappa shape index (κ2) is 6.06. The molecule has 1 aromatic rings. The van der Waals surface area contributed by atoms with Crippen LogP contribution in [0.1, 0.15) is 53.6 Å². The summed E-state index contributed by atoms with van der Waals surface area (Å²) < 4.78 is 0. The molecule has 1 aliphatic rings. The van der Waals surface area contributed by atoms with Crippen LogP contribution >= 0.6 is 11.3 Å². The zero-order valence-electron chi connectivity index (χ0n) is 11.7. The van der Waals surface area contributed by atoms with Crippen molar-refractivity contribution < 1.29 is 9.90 Å². The van der Waals surface area contributed by atoms with Crippen molar-refractivity contribution in [2.75, 3.05) is 6.54 Å². The lowest BCUT2D eigenvalue weighted by atomic mass is 9.78. The summed E-state index contributed by atoms with van der Waals surface area (Å²) in [5, 5.41) is 13.4. The molecule has 0 aliphatic heterocycles. The van der Waals surface area contributed by atoms with E-state index in [1.54, 1.807) is 0 Å². The van der Waals surface area contributed by atoms with Crippen LogP contribution in [0.15, 0.2) is 12.1 Å². The number of amides is 1. The van der Waals surface area contributed by atoms with Gasteiger partial charge in [0.15, 0.2) is 0 Å². The molecule has 0 aromatic carbocycles. The molecule has 1 heterocycles. The highest BCUT2D eigenvalue weighted by Gasteiger charge is 2.32. The van der Waals surface area contributed by atoms with Crippen LogP contribution in [0.25, 0.3) is 0 Å². The number of nitrogens with one attached hydrogen (secondary N) is 1. The van der Waals surface area contributed by atoms with Gasteiger partial charge in [0.2, 0.25) is 0 Å². The molecule has 1 saturated carbocycles. The molecule has 106 valence electrons. The number of carbonyl (C=O) groups is 1. The Kier molecular flexibility index (Phi) is 4.63. The molecular formula is C15H23NO2S. The Hall–Kier alpha value is -0.870. The predicted molar refractivity (Wildman–Crippen MR) is 78.6 cm³/mol. The normalized spacial score (nSPS) is 27.2. The molecule has 1 amide bonds. The SMILES string of the molecule is CCC1CCC(O)(CNC(=O)c2ccc(C)s2)CC1. The summed E-state index contributed by atoms with van der Waals surface area (Å²) in [5.74, 6) is 0.681. The van der Waals surface area contributed by atoms with Gasteiger partial charge >= 0.3 is 0 Å². The predicted octanol–water partition coefficient (Wildman–Crippen LogP) is 3.12. The van der Waals surface area contributed by atoms with Gasteiger partial charge in [-0.25, -0.2) is 0 Å². The lowest BCUT2D eigenvalue weighted by Crippen LogP contribution is -2.45. The van der Waals surface area contributed by atoms with Crippen molar-refractivity contribution in [3.8, 4) is 0 Å². The second-order valence-electron chi connectivity index (χ2n) is 5.67. The van der Waals surface area contributed by atoms with Crippen molar-refractivity contribution in [1.29, 1.82) is 0 Å². The summed E-state index contributed by atoms with van der Waals surface area (Å²) in [6.07, 6.45) is 4.93. The minimum Gasteiger partial charge on any atom is -0.388 e. The standard InChI is InChI=1S/C15H23NO2S/c1-3-12-6-8-15(18,9-7-12)10-16-14(17)13-5-4-11(2)19-13/h4-5,12,18H,3,6-10H2,1-2H3,(H,16,17). The average Bonchev–Trinajstić information content (AvgIpc) is 2.84. The average molecular weight is 281 g/mol. The monoisotopic (exact) mass is 281 g/mol. The molecule has 2 N–H and O–H groups in total. The molecule has 2 rings (SSSR count). The molecule has 0 spiro atoms. The van der Waals surface area contributed by atoms with Gasteiger partial charge in [-0.1, -0.05) is 13.3 Å². The highest BCUT2D eigenvalue weighted by molar-refractivity contribution is 7.13. The van der Waals surface area contributed by atoms with E-state index in [0.717, 1.165) is 41.4 Å². The van der Waals surface area contributed by atoms with E-state index in [0.29, 0.717) is 6.54 Å². The quantitative estimate of drug-likeness (QED) is 0.891. The molecule has 19 heavy (non-hydrogen) atoms. The summed E-state index contributed by atoms with van der Waals surface area (Å²) >= 11 is 1.49. The maximum Gasteiger partial charge on any atom is 0.261 e. The first-order chi connectivity index (χ1) is 9.02. The third kappa shape index (κ3) is 3.80. The first-order valence-corrected chi connectivity index (χ1v) is 7.91. The van der Waals surface area contributed by atoms with Crippen LogP contribution in [-0.4, -0.2) is 23.2 Å². The largest absolute Gasteiger partial charge is 0.388 e. The smallest absolute Gasteiger partial charge is 0.261 e. The van der Waals surface area contributed by atoms with E-state index in [1.165, 1.54) is 17.8 Å². The fourth-order valence-electron chi connectivity index (χ4n) is 2.69. The summed E-state index contributed by atoms with van der Waals surface area (Å²) in [6, 6.07) is 3.79. The van der Waals surface area contributed by atoms with Crippen molar-refractivity contribution >= 4 is 17.2 Å². The van der Waals surface area contributed by atoms with E-state index in [9.17, 15) is 9.90 Å². The van der Waals surface area contributed by atoms with Gasteiger partial charge in [0.05, 0.1) is 10.5 Å². The van der Waals surface area contributed by atoms with E-state index < -0.39 is 5.60 Å². The number of aliphatic hydroxyl groups is 1. The summed E-state index contributed by atoms with van der Waals surface area (Å²) in [7, 11) is 0. The minimum absolute atomic E-state index is 0.0656. The molecule has 1 aliphatic carbocycles. The molecule has 4 heteroatoms. The van der Waals surface area contributed by atoms with Crippen LogP contribution in [0.2, 0.25) is 0 Å². The Morgan fingerprint density at radius 3 is 2.68 bits per heavy atom. The zero-order chi connectivity index (χ0) is 13.9. The highest BCUT2D eigenvalue weighted by atomic mass is 32.1. The molecule has 1 aromatic heterocycles. The topological polar surface area (TPSA) is 49.3 Å². The number of carbonyl (C=O) groups excluding carboxylic acids is 1. The summed E-state index contributed by atoms with van der Waals surface area (Å²) in [6.45, 7) is 4.57. The van der Waals surface area contributed by atoms with Crippen molar-refractivity contribution in [3.05, 3.63) is 21.9 Å². The maximum atomic E-state index is 12.0. The minimum atomic E-state index is -0.701. The van der Waals surface area contributed by atoms with E-state index >= 15 is 0 Å². The third-order valence-electron chi connectivity index (χ3n) is 4.16. The van der Waals surface area contributed by atoms with E-state index in [4.69, 9.17) is 0 Å². The van der Waals surface area contributed by atoms with Gasteiger partial charge in [0.1, 0.15) is 0 Å². The number of rotatable bonds is 4. The molecule has 3 nitrogen and oxygen atoms in total. The van der Waals surface area contributed by atoms with Gasteiger partial charge in [-0.3, -0.25) is 4.79 Å². The van der Waals surface area contributed by atoms with E-state index in [2.05, 4.69) is 12.2 Å². The Labute approximate surface area is 119 Å². The summed E-state index contributed by atoms with van der Waals surface area (Å²) in [5.41, 5.74) is -0.701. The van der Waals surface area contributed by atoms with Crippen molar-refractivity contribution in [3.63, 3.8) is 0 Å². The third-order valence-corrected chi connectivity index (χ3v) is 5.15. The fraction of sp³-hybridized carbons (Fsp3) is 0.667. The van der Waals surface area contributed by atoms with Gasteiger partial charge in [-0.15, -0.1) is 11.3 Å². The van der Waals surface area contributed by atoms with Crippen molar-refractivity contribution in [2.24, 2.45) is 5.92 Å². The van der Waals surface area contributed by atoms with Crippen LogP contribution in [0.5, 0.6) is 0 Å². The molecule has 0 bridgehead atoms. The molecule has 0 radical (unpaired) electrons. The van der Waals surface area contributed by atoms with E-state index in [-0.39, 0.29) is 5.91 Å². The van der Waals surface area contributed by atoms with Gasteiger partial charge in [-0.05, 0) is 50.7 Å². The number of thiophene rings is 1. The van der Waals surface area contributed by atoms with Crippen LogP contribution in [-0.2, 0) is 0 Å². The van der Waals surface area contributed by atoms with Gasteiger partial charge in [0, 0.05) is 11.4 Å². The molecule has 0 saturated heterocycles. The molecular weight excluding hydrogens is 258 g/mol. The lowest BCUT2D eigenvalue weighted by molar-refractivity contribution is -0.00783. The number of hydrogen-bond acceptors (Lipinski definition) is 3. The Balaban J connectivity index is 1.83. The van der Waals surface area contributed by atoms with Gasteiger partial charge in [0.25, 0.3) is 5.91 Å². The van der Waals surface area contributed by atoms with Crippen LogP contribution in [0.4, 0.5) is 0 Å². The van der Waals surface area contributed by atoms with Crippen LogP contribution < -0.4 is 5.32 Å². The van der Waals surface area contributed by atoms with Crippen LogP contribution in [0.3, 0.4) is 0 Å². The highest BCUT2D eigenvalue weighted by Crippen LogP contribution is 2.33. The number of aryl methyl sites for hydroxylation is 1. The van der Waals surface area contributed by atoms with E-state index in [1.807, 2.05) is 19.1 Å². The Morgan fingerprint density at radius 2 is 2.16 bits per heavy atom. The Morgan fingerprint density at radius 1 is 1.47 bits per heavy atom. The first kappa shape index (κ1) is 14.5. The van der Waals surface area contributed by atoms with Crippen molar-refractivity contribution in [1.82, 2.24) is 5.32 Å². The molecule has 1 fully saturated rings. The first-order valence-electron chi connectivity index (χ1n) is 7.09. The Bertz CT molecular complexity index is 433. The molecule has 0 unspecified atom stereocenters. The second-order valence-corrected chi connectivity index (χ2v) is 6.96. The number of hydrogen-bond donors (Lipinski definition) is 2. The van der Waals surface area contributed by atoms with Gasteiger partial charge < -0.3 is 10.4 Å².